The fourth-order valence-corrected chi connectivity index (χ4v) is 3.90. The van der Waals surface area contributed by atoms with Crippen LogP contribution in [0.4, 0.5) is 0 Å². The highest BCUT2D eigenvalue weighted by atomic mass is 79.9. The van der Waals surface area contributed by atoms with Crippen LogP contribution in [0.5, 0.6) is 0 Å². The molecule has 1 N–H and O–H groups in total. The first-order valence-electron chi connectivity index (χ1n) is 6.11. The van der Waals surface area contributed by atoms with E-state index in [1.165, 1.54) is 5.56 Å². The van der Waals surface area contributed by atoms with E-state index in [9.17, 15) is 0 Å². The maximum absolute atomic E-state index is 6.24. The molecule has 0 bridgehead atoms. The molecule has 0 aliphatic carbocycles. The third-order valence-corrected chi connectivity index (χ3v) is 5.29. The zero-order chi connectivity index (χ0) is 14.7. The Labute approximate surface area is 142 Å². The summed E-state index contributed by atoms with van der Waals surface area (Å²) in [6, 6.07) is 12.0. The average Bonchev–Trinajstić information content (AvgIpc) is 2.42. The third-order valence-electron chi connectivity index (χ3n) is 2.99. The standard InChI is InChI=1S/C15H14BrCl2NS/c1-9(19-2)12-5-3-10(16)7-14(12)20-15-8-11(17)4-6-13(15)18/h3-9,19H,1-2H3. The van der Waals surface area contributed by atoms with Gasteiger partial charge in [0.05, 0.1) is 5.02 Å². The van der Waals surface area contributed by atoms with Gasteiger partial charge in [-0.3, -0.25) is 0 Å². The van der Waals surface area contributed by atoms with E-state index in [4.69, 9.17) is 23.2 Å². The van der Waals surface area contributed by atoms with Gasteiger partial charge in [0.1, 0.15) is 0 Å². The van der Waals surface area contributed by atoms with Gasteiger partial charge in [0.25, 0.3) is 0 Å². The van der Waals surface area contributed by atoms with Crippen molar-refractivity contribution in [1.82, 2.24) is 5.32 Å². The molecule has 0 fully saturated rings. The molecule has 0 aromatic heterocycles. The number of benzene rings is 2. The molecule has 2 rings (SSSR count). The van der Waals surface area contributed by atoms with Crippen LogP contribution >= 0.6 is 50.9 Å². The molecule has 106 valence electrons. The fraction of sp³-hybridized carbons (Fsp3) is 0.200. The lowest BCUT2D eigenvalue weighted by Gasteiger charge is -2.16. The highest BCUT2D eigenvalue weighted by molar-refractivity contribution is 9.10. The van der Waals surface area contributed by atoms with Crippen molar-refractivity contribution in [3.63, 3.8) is 0 Å². The molecule has 0 aliphatic heterocycles. The second-order valence-corrected chi connectivity index (χ2v) is 7.21. The molecule has 0 radical (unpaired) electrons. The van der Waals surface area contributed by atoms with Crippen molar-refractivity contribution in [2.45, 2.75) is 22.8 Å². The summed E-state index contributed by atoms with van der Waals surface area (Å²) in [5.41, 5.74) is 1.23. The summed E-state index contributed by atoms with van der Waals surface area (Å²) < 4.78 is 1.05. The summed E-state index contributed by atoms with van der Waals surface area (Å²) in [4.78, 5) is 2.12. The van der Waals surface area contributed by atoms with Gasteiger partial charge in [-0.15, -0.1) is 0 Å². The predicted molar refractivity (Wildman–Crippen MR) is 92.2 cm³/mol. The Balaban J connectivity index is 2.41. The maximum Gasteiger partial charge on any atom is 0.0546 e. The molecule has 0 saturated heterocycles. The minimum Gasteiger partial charge on any atom is -0.313 e. The first-order valence-corrected chi connectivity index (χ1v) is 8.47. The lowest BCUT2D eigenvalue weighted by Crippen LogP contribution is -2.13. The Morgan fingerprint density at radius 3 is 2.55 bits per heavy atom. The molecule has 20 heavy (non-hydrogen) atoms. The van der Waals surface area contributed by atoms with Crippen molar-refractivity contribution in [3.8, 4) is 0 Å². The quantitative estimate of drug-likeness (QED) is 0.667. The number of halogens is 3. The average molecular weight is 391 g/mol. The van der Waals surface area contributed by atoms with Gasteiger partial charge >= 0.3 is 0 Å². The van der Waals surface area contributed by atoms with E-state index in [-0.39, 0.29) is 6.04 Å². The molecular weight excluding hydrogens is 377 g/mol. The van der Waals surface area contributed by atoms with Crippen LogP contribution in [0.1, 0.15) is 18.5 Å². The van der Waals surface area contributed by atoms with Gasteiger partial charge < -0.3 is 5.32 Å². The molecule has 0 saturated carbocycles. The van der Waals surface area contributed by atoms with Gasteiger partial charge in [-0.1, -0.05) is 57.0 Å². The van der Waals surface area contributed by atoms with Gasteiger partial charge in [0.2, 0.25) is 0 Å². The Bertz CT molecular complexity index is 619. The molecule has 1 atom stereocenters. The molecule has 0 amide bonds. The zero-order valence-corrected chi connectivity index (χ0v) is 15.0. The van der Waals surface area contributed by atoms with Crippen LogP contribution in [0.2, 0.25) is 10.0 Å². The van der Waals surface area contributed by atoms with Crippen LogP contribution < -0.4 is 5.32 Å². The first-order chi connectivity index (χ1) is 9.51. The smallest absolute Gasteiger partial charge is 0.0546 e. The molecule has 1 unspecified atom stereocenters. The van der Waals surface area contributed by atoms with Crippen molar-refractivity contribution in [3.05, 3.63) is 56.5 Å². The maximum atomic E-state index is 6.24. The van der Waals surface area contributed by atoms with E-state index >= 15 is 0 Å². The van der Waals surface area contributed by atoms with Crippen LogP contribution in [0.3, 0.4) is 0 Å². The summed E-state index contributed by atoms with van der Waals surface area (Å²) in [7, 11) is 1.95. The van der Waals surface area contributed by atoms with Gasteiger partial charge in [0.15, 0.2) is 0 Å². The molecule has 0 aliphatic rings. The summed E-state index contributed by atoms with van der Waals surface area (Å²) in [5.74, 6) is 0. The minimum atomic E-state index is 0.267. The second kappa shape index (κ2) is 7.19. The van der Waals surface area contributed by atoms with Crippen LogP contribution in [0.15, 0.2) is 50.7 Å². The van der Waals surface area contributed by atoms with Crippen LogP contribution in [-0.4, -0.2) is 7.05 Å². The van der Waals surface area contributed by atoms with Crippen LogP contribution in [0, 0.1) is 0 Å². The van der Waals surface area contributed by atoms with Crippen molar-refractivity contribution in [2.75, 3.05) is 7.05 Å². The Morgan fingerprint density at radius 1 is 1.10 bits per heavy atom. The van der Waals surface area contributed by atoms with Crippen LogP contribution in [-0.2, 0) is 0 Å². The van der Waals surface area contributed by atoms with E-state index in [0.29, 0.717) is 10.0 Å². The Kier molecular flexibility index (Phi) is 5.82. The monoisotopic (exact) mass is 389 g/mol. The van der Waals surface area contributed by atoms with Crippen molar-refractivity contribution in [1.29, 1.82) is 0 Å². The first kappa shape index (κ1) is 16.2. The Morgan fingerprint density at radius 2 is 1.85 bits per heavy atom. The summed E-state index contributed by atoms with van der Waals surface area (Å²) in [6.45, 7) is 2.13. The lowest BCUT2D eigenvalue weighted by molar-refractivity contribution is 0.641. The van der Waals surface area contributed by atoms with Crippen molar-refractivity contribution in [2.24, 2.45) is 0 Å². The lowest BCUT2D eigenvalue weighted by atomic mass is 10.1. The highest BCUT2D eigenvalue weighted by Gasteiger charge is 2.12. The second-order valence-electron chi connectivity index (χ2n) is 4.37. The van der Waals surface area contributed by atoms with E-state index < -0.39 is 0 Å². The van der Waals surface area contributed by atoms with Crippen LogP contribution in [0.25, 0.3) is 0 Å². The topological polar surface area (TPSA) is 12.0 Å². The molecule has 2 aromatic carbocycles. The van der Waals surface area contributed by atoms with Gasteiger partial charge in [-0.25, -0.2) is 0 Å². The van der Waals surface area contributed by atoms with E-state index in [1.54, 1.807) is 17.8 Å². The number of hydrogen-bond donors (Lipinski definition) is 1. The Hall–Kier alpha value is -0.190. The molecular formula is C15H14BrCl2NS. The normalized spacial score (nSPS) is 12.4. The molecule has 0 spiro atoms. The van der Waals surface area contributed by atoms with Gasteiger partial charge in [-0.05, 0) is 49.9 Å². The van der Waals surface area contributed by atoms with E-state index in [1.807, 2.05) is 25.2 Å². The predicted octanol–water partition coefficient (Wildman–Crippen LogP) is 6.19. The van der Waals surface area contributed by atoms with Gasteiger partial charge in [0, 0.05) is 25.3 Å². The summed E-state index contributed by atoms with van der Waals surface area (Å²) in [5, 5.41) is 4.67. The largest absolute Gasteiger partial charge is 0.313 e. The van der Waals surface area contributed by atoms with E-state index in [0.717, 1.165) is 14.3 Å². The number of rotatable bonds is 4. The van der Waals surface area contributed by atoms with Crippen molar-refractivity contribution < 1.29 is 0 Å². The fourth-order valence-electron chi connectivity index (χ4n) is 1.78. The SMILES string of the molecule is CNC(C)c1ccc(Br)cc1Sc1cc(Cl)ccc1Cl. The number of hydrogen-bond acceptors (Lipinski definition) is 2. The molecule has 0 heterocycles. The minimum absolute atomic E-state index is 0.267. The van der Waals surface area contributed by atoms with Crippen molar-refractivity contribution >= 4 is 50.9 Å². The summed E-state index contributed by atoms with van der Waals surface area (Å²) in [6.07, 6.45) is 0. The molecule has 5 heteroatoms. The summed E-state index contributed by atoms with van der Waals surface area (Å²) >= 11 is 17.4. The van der Waals surface area contributed by atoms with Gasteiger partial charge in [-0.2, -0.15) is 0 Å². The molecule has 1 nitrogen and oxygen atoms in total. The molecule has 2 aromatic rings. The number of nitrogens with one attached hydrogen (secondary N) is 1. The third kappa shape index (κ3) is 3.92. The zero-order valence-electron chi connectivity index (χ0n) is 11.1. The van der Waals surface area contributed by atoms with E-state index in [2.05, 4.69) is 40.3 Å². The highest BCUT2D eigenvalue weighted by Crippen LogP contribution is 2.39.